The van der Waals surface area contributed by atoms with Gasteiger partial charge in [0.25, 0.3) is 0 Å². The van der Waals surface area contributed by atoms with Crippen LogP contribution in [0.4, 0.5) is 0 Å². The standard InChI is InChI=1S/C7H5NS.C3H3Br/c1-2-4-7-6(3-1)5-8-9-7;1-2-3-4/h1-5H;1H,3H2. The maximum Gasteiger partial charge on any atom is 0.0642 e. The van der Waals surface area contributed by atoms with Gasteiger partial charge in [0.1, 0.15) is 0 Å². The highest BCUT2D eigenvalue weighted by molar-refractivity contribution is 9.09. The Bertz CT molecular complexity index is 372. The molecule has 0 aliphatic heterocycles. The van der Waals surface area contributed by atoms with E-state index in [4.69, 9.17) is 6.42 Å². The molecule has 2 aromatic rings. The molecule has 2 rings (SSSR count). The second-order valence-corrected chi connectivity index (χ2v) is 3.60. The van der Waals surface area contributed by atoms with Crippen LogP contribution in [0, 0.1) is 12.3 Å². The van der Waals surface area contributed by atoms with Crippen molar-refractivity contribution in [1.82, 2.24) is 4.37 Å². The van der Waals surface area contributed by atoms with Gasteiger partial charge in [-0.05, 0) is 17.6 Å². The molecule has 0 spiro atoms. The molecule has 0 bridgehead atoms. The lowest BCUT2D eigenvalue weighted by atomic mass is 10.3. The molecule has 1 aromatic heterocycles. The molecule has 3 heteroatoms. The number of terminal acetylenes is 1. The smallest absolute Gasteiger partial charge is 0.0642 e. The maximum absolute atomic E-state index is 4.73. The van der Waals surface area contributed by atoms with Gasteiger partial charge in [0.15, 0.2) is 0 Å². The van der Waals surface area contributed by atoms with Gasteiger partial charge in [0.05, 0.1) is 10.0 Å². The molecule has 0 amide bonds. The first-order valence-corrected chi connectivity index (χ1v) is 5.57. The van der Waals surface area contributed by atoms with Crippen LogP contribution in [0.3, 0.4) is 0 Å². The molecule has 0 unspecified atom stereocenters. The van der Waals surface area contributed by atoms with E-state index in [-0.39, 0.29) is 0 Å². The van der Waals surface area contributed by atoms with E-state index >= 15 is 0 Å². The molecule has 0 atom stereocenters. The van der Waals surface area contributed by atoms with Crippen molar-refractivity contribution in [1.29, 1.82) is 0 Å². The summed E-state index contributed by atoms with van der Waals surface area (Å²) in [5.41, 5.74) is 0. The Labute approximate surface area is 90.1 Å². The van der Waals surface area contributed by atoms with E-state index in [0.29, 0.717) is 5.33 Å². The maximum atomic E-state index is 4.73. The Balaban J connectivity index is 0.000000184. The number of hydrogen-bond donors (Lipinski definition) is 0. The van der Waals surface area contributed by atoms with Crippen LogP contribution in [-0.2, 0) is 0 Å². The Kier molecular flexibility index (Phi) is 4.52. The van der Waals surface area contributed by atoms with Crippen LogP contribution in [0.25, 0.3) is 10.1 Å². The molecule has 1 heterocycles. The summed E-state index contributed by atoms with van der Waals surface area (Å²) in [7, 11) is 0. The number of alkyl halides is 1. The van der Waals surface area contributed by atoms with E-state index < -0.39 is 0 Å². The van der Waals surface area contributed by atoms with Crippen molar-refractivity contribution in [3.8, 4) is 12.3 Å². The van der Waals surface area contributed by atoms with Crippen LogP contribution >= 0.6 is 27.5 Å². The van der Waals surface area contributed by atoms with Gasteiger partial charge in [-0.25, -0.2) is 0 Å². The second kappa shape index (κ2) is 5.74. The van der Waals surface area contributed by atoms with Crippen molar-refractivity contribution in [2.75, 3.05) is 5.33 Å². The second-order valence-electron chi connectivity index (χ2n) is 2.20. The van der Waals surface area contributed by atoms with E-state index in [1.807, 2.05) is 18.3 Å². The first-order valence-electron chi connectivity index (χ1n) is 3.67. The van der Waals surface area contributed by atoms with Gasteiger partial charge in [-0.1, -0.05) is 40.0 Å². The summed E-state index contributed by atoms with van der Waals surface area (Å²) in [6.45, 7) is 0. The molecule has 0 aliphatic rings. The van der Waals surface area contributed by atoms with E-state index in [2.05, 4.69) is 38.4 Å². The topological polar surface area (TPSA) is 12.9 Å². The van der Waals surface area contributed by atoms with E-state index in [1.165, 1.54) is 21.6 Å². The zero-order valence-electron chi connectivity index (χ0n) is 6.90. The lowest BCUT2D eigenvalue weighted by Gasteiger charge is -1.80. The average molecular weight is 254 g/mol. The predicted octanol–water partition coefficient (Wildman–Crippen LogP) is 3.31. The first kappa shape index (κ1) is 10.2. The summed E-state index contributed by atoms with van der Waals surface area (Å²) >= 11 is 4.55. The van der Waals surface area contributed by atoms with Crippen molar-refractivity contribution in [3.05, 3.63) is 30.5 Å². The highest BCUT2D eigenvalue weighted by Gasteiger charge is 1.89. The number of nitrogens with zero attached hydrogens (tertiary/aromatic N) is 1. The van der Waals surface area contributed by atoms with Crippen molar-refractivity contribution in [2.24, 2.45) is 0 Å². The molecule has 0 radical (unpaired) electrons. The van der Waals surface area contributed by atoms with Crippen LogP contribution in [0.15, 0.2) is 30.5 Å². The summed E-state index contributed by atoms with van der Waals surface area (Å²) in [5.74, 6) is 2.35. The Hall–Kier alpha value is -0.850. The van der Waals surface area contributed by atoms with Crippen LogP contribution in [0.2, 0.25) is 0 Å². The fourth-order valence-corrected chi connectivity index (χ4v) is 1.46. The molecule has 0 aliphatic carbocycles. The minimum absolute atomic E-state index is 0.660. The SMILES string of the molecule is C#CCBr.c1ccc2sncc2c1. The molecule has 0 N–H and O–H groups in total. The third-order valence-corrected chi connectivity index (χ3v) is 2.44. The van der Waals surface area contributed by atoms with Crippen LogP contribution in [0.1, 0.15) is 0 Å². The number of hydrogen-bond acceptors (Lipinski definition) is 2. The van der Waals surface area contributed by atoms with Gasteiger partial charge < -0.3 is 0 Å². The molecule has 13 heavy (non-hydrogen) atoms. The summed E-state index contributed by atoms with van der Waals surface area (Å²) in [5, 5.41) is 1.90. The van der Waals surface area contributed by atoms with Crippen molar-refractivity contribution < 1.29 is 0 Å². The molecule has 0 saturated carbocycles. The van der Waals surface area contributed by atoms with Gasteiger partial charge in [0.2, 0.25) is 0 Å². The zero-order valence-corrected chi connectivity index (χ0v) is 9.31. The Morgan fingerprint density at radius 1 is 1.46 bits per heavy atom. The lowest BCUT2D eigenvalue weighted by molar-refractivity contribution is 1.61. The molecule has 0 fully saturated rings. The van der Waals surface area contributed by atoms with Gasteiger partial charge >= 0.3 is 0 Å². The summed E-state index contributed by atoms with van der Waals surface area (Å²) in [6.07, 6.45) is 6.62. The predicted molar refractivity (Wildman–Crippen MR) is 62.2 cm³/mol. The third-order valence-electron chi connectivity index (χ3n) is 1.34. The number of rotatable bonds is 0. The van der Waals surface area contributed by atoms with Crippen LogP contribution in [-0.4, -0.2) is 9.70 Å². The van der Waals surface area contributed by atoms with Gasteiger partial charge in [-0.3, -0.25) is 0 Å². The Morgan fingerprint density at radius 3 is 2.77 bits per heavy atom. The van der Waals surface area contributed by atoms with E-state index in [1.54, 1.807) is 0 Å². The van der Waals surface area contributed by atoms with Crippen molar-refractivity contribution >= 4 is 37.5 Å². The normalized spacial score (nSPS) is 8.62. The first-order chi connectivity index (χ1) is 6.38. The number of fused-ring (bicyclic) bond motifs is 1. The monoisotopic (exact) mass is 253 g/mol. The molecule has 66 valence electrons. The number of benzene rings is 1. The summed E-state index contributed by atoms with van der Waals surface area (Å²) in [4.78, 5) is 0. The summed E-state index contributed by atoms with van der Waals surface area (Å²) < 4.78 is 5.30. The molecule has 1 nitrogen and oxygen atoms in total. The van der Waals surface area contributed by atoms with E-state index in [9.17, 15) is 0 Å². The van der Waals surface area contributed by atoms with Gasteiger partial charge in [-0.15, -0.1) is 6.42 Å². The highest BCUT2D eigenvalue weighted by atomic mass is 79.9. The number of halogens is 1. The molecular formula is C10H8BrNS. The van der Waals surface area contributed by atoms with Crippen molar-refractivity contribution in [3.63, 3.8) is 0 Å². The fraction of sp³-hybridized carbons (Fsp3) is 0.100. The average Bonchev–Trinajstić information content (AvgIpc) is 2.66. The molecule has 0 saturated heterocycles. The minimum Gasteiger partial charge on any atom is -0.200 e. The quantitative estimate of drug-likeness (QED) is 0.519. The largest absolute Gasteiger partial charge is 0.200 e. The van der Waals surface area contributed by atoms with Crippen LogP contribution in [0.5, 0.6) is 0 Å². The zero-order chi connectivity index (χ0) is 9.52. The van der Waals surface area contributed by atoms with Gasteiger partial charge in [0, 0.05) is 11.6 Å². The molecular weight excluding hydrogens is 246 g/mol. The Morgan fingerprint density at radius 2 is 2.15 bits per heavy atom. The van der Waals surface area contributed by atoms with E-state index in [0.717, 1.165) is 0 Å². The van der Waals surface area contributed by atoms with Gasteiger partial charge in [-0.2, -0.15) is 4.37 Å². The minimum atomic E-state index is 0.660. The highest BCUT2D eigenvalue weighted by Crippen LogP contribution is 2.15. The summed E-state index contributed by atoms with van der Waals surface area (Å²) in [6, 6.07) is 8.20. The van der Waals surface area contributed by atoms with Crippen LogP contribution < -0.4 is 0 Å². The number of aromatic nitrogens is 1. The fourth-order valence-electron chi connectivity index (χ4n) is 0.810. The van der Waals surface area contributed by atoms with Crippen molar-refractivity contribution in [2.45, 2.75) is 0 Å². The lowest BCUT2D eigenvalue weighted by Crippen LogP contribution is -1.56. The molecule has 1 aromatic carbocycles. The third kappa shape index (κ3) is 3.17.